The fourth-order valence-electron chi connectivity index (χ4n) is 3.16. The van der Waals surface area contributed by atoms with Crippen LogP contribution in [0.1, 0.15) is 46.1 Å². The number of rotatable bonds is 4. The molecule has 144 valence electrons. The van der Waals surface area contributed by atoms with Gasteiger partial charge in [0.15, 0.2) is 0 Å². The van der Waals surface area contributed by atoms with E-state index in [1.807, 2.05) is 46.8 Å². The number of hydrogen-bond donors (Lipinski definition) is 1. The van der Waals surface area contributed by atoms with Gasteiger partial charge in [-0.1, -0.05) is 11.6 Å². The molecule has 2 aliphatic heterocycles. The van der Waals surface area contributed by atoms with Crippen molar-refractivity contribution >= 4 is 28.3 Å². The van der Waals surface area contributed by atoms with Gasteiger partial charge in [0.05, 0.1) is 16.5 Å². The molecule has 8 heteroatoms. The smallest absolute Gasteiger partial charge is 0.399 e. The number of hydrogen-bond acceptors (Lipinski definition) is 5. The zero-order valence-corrected chi connectivity index (χ0v) is 17.0. The number of nitrogens with one attached hydrogen (secondary N) is 1. The van der Waals surface area contributed by atoms with Crippen molar-refractivity contribution < 1.29 is 22.5 Å². The second-order valence-electron chi connectivity index (χ2n) is 8.12. The molecule has 1 aromatic carbocycles. The van der Waals surface area contributed by atoms with Gasteiger partial charge in [0.1, 0.15) is 0 Å². The monoisotopic (exact) mass is 381 g/mol. The lowest BCUT2D eigenvalue weighted by molar-refractivity contribution is 0.00578. The van der Waals surface area contributed by atoms with E-state index in [2.05, 4.69) is 4.72 Å². The Morgan fingerprint density at radius 1 is 1.08 bits per heavy atom. The van der Waals surface area contributed by atoms with E-state index in [0.717, 1.165) is 11.0 Å². The van der Waals surface area contributed by atoms with Crippen LogP contribution in [0.3, 0.4) is 0 Å². The van der Waals surface area contributed by atoms with Gasteiger partial charge in [-0.05, 0) is 65.1 Å². The summed E-state index contributed by atoms with van der Waals surface area (Å²) in [6.45, 7) is 10.9. The first-order valence-electron chi connectivity index (χ1n) is 9.07. The zero-order valence-electron chi connectivity index (χ0n) is 16.2. The lowest BCUT2D eigenvalue weighted by Crippen LogP contribution is -2.41. The Balaban J connectivity index is 1.82. The highest BCUT2D eigenvalue weighted by atomic mass is 32.2. The van der Waals surface area contributed by atoms with Gasteiger partial charge in [-0.15, -0.1) is 0 Å². The second-order valence-corrected chi connectivity index (χ2v) is 10.1. The van der Waals surface area contributed by atoms with E-state index in [9.17, 15) is 8.42 Å². The molecule has 1 aromatic rings. The van der Waals surface area contributed by atoms with Gasteiger partial charge >= 0.3 is 7.12 Å². The fraction of sp³-hybridized carbons (Fsp3) is 0.667. The normalized spacial score (nSPS) is 23.2. The third kappa shape index (κ3) is 3.79. The molecule has 0 aromatic heterocycles. The van der Waals surface area contributed by atoms with Crippen molar-refractivity contribution in [1.29, 1.82) is 0 Å². The molecule has 0 bridgehead atoms. The summed E-state index contributed by atoms with van der Waals surface area (Å²) < 4.78 is 45.5. The lowest BCUT2D eigenvalue weighted by atomic mass is 9.76. The van der Waals surface area contributed by atoms with E-state index in [0.29, 0.717) is 31.7 Å². The lowest BCUT2D eigenvalue weighted by Gasteiger charge is -2.32. The predicted octanol–water partition coefficient (Wildman–Crippen LogP) is 2.21. The molecular formula is C18H28BNO5S. The minimum Gasteiger partial charge on any atom is -0.399 e. The number of aryl methyl sites for hydroxylation is 1. The average molecular weight is 381 g/mol. The summed E-state index contributed by atoms with van der Waals surface area (Å²) in [4.78, 5) is 0. The zero-order chi connectivity index (χ0) is 19.2. The summed E-state index contributed by atoms with van der Waals surface area (Å²) in [5, 5.41) is -0.419. The second kappa shape index (κ2) is 6.82. The fourth-order valence-corrected chi connectivity index (χ4v) is 4.60. The highest BCUT2D eigenvalue weighted by molar-refractivity contribution is 7.93. The number of benzene rings is 1. The summed E-state index contributed by atoms with van der Waals surface area (Å²) >= 11 is 0. The molecule has 2 saturated heterocycles. The van der Waals surface area contributed by atoms with E-state index in [1.54, 1.807) is 6.07 Å². The van der Waals surface area contributed by atoms with Gasteiger partial charge in [0.2, 0.25) is 10.0 Å². The van der Waals surface area contributed by atoms with Gasteiger partial charge in [-0.25, -0.2) is 8.42 Å². The summed E-state index contributed by atoms with van der Waals surface area (Å²) in [6, 6.07) is 5.48. The molecular weight excluding hydrogens is 353 g/mol. The minimum atomic E-state index is -3.45. The summed E-state index contributed by atoms with van der Waals surface area (Å²) in [5.74, 6) is 0. The number of anilines is 1. The molecule has 2 fully saturated rings. The van der Waals surface area contributed by atoms with Crippen molar-refractivity contribution in [3.05, 3.63) is 23.8 Å². The van der Waals surface area contributed by atoms with Crippen molar-refractivity contribution in [2.24, 2.45) is 0 Å². The van der Waals surface area contributed by atoms with E-state index >= 15 is 0 Å². The van der Waals surface area contributed by atoms with E-state index in [-0.39, 0.29) is 0 Å². The SMILES string of the molecule is Cc1ccc(NS(=O)(=O)C2CCOCC2)cc1B1OC(C)(C)C(C)(C)O1. The molecule has 0 spiro atoms. The van der Waals surface area contributed by atoms with Crippen molar-refractivity contribution in [2.75, 3.05) is 17.9 Å². The maximum Gasteiger partial charge on any atom is 0.495 e. The van der Waals surface area contributed by atoms with Crippen LogP contribution in [-0.2, 0) is 24.1 Å². The van der Waals surface area contributed by atoms with E-state index in [4.69, 9.17) is 14.0 Å². The third-order valence-corrected chi connectivity index (χ3v) is 7.52. The van der Waals surface area contributed by atoms with Crippen LogP contribution in [0.4, 0.5) is 5.69 Å². The minimum absolute atomic E-state index is 0.419. The van der Waals surface area contributed by atoms with Crippen LogP contribution in [0, 0.1) is 6.92 Å². The average Bonchev–Trinajstić information content (AvgIpc) is 2.78. The Morgan fingerprint density at radius 2 is 1.65 bits per heavy atom. The molecule has 0 saturated carbocycles. The van der Waals surface area contributed by atoms with Gasteiger partial charge in [0.25, 0.3) is 0 Å². The van der Waals surface area contributed by atoms with Crippen LogP contribution in [0.5, 0.6) is 0 Å². The van der Waals surface area contributed by atoms with Crippen molar-refractivity contribution in [3.8, 4) is 0 Å². The van der Waals surface area contributed by atoms with Crippen LogP contribution in [0.25, 0.3) is 0 Å². The predicted molar refractivity (Wildman–Crippen MR) is 103 cm³/mol. The number of sulfonamides is 1. The van der Waals surface area contributed by atoms with Crippen LogP contribution in [-0.4, -0.2) is 45.2 Å². The molecule has 0 amide bonds. The quantitative estimate of drug-likeness (QED) is 0.810. The first-order chi connectivity index (χ1) is 12.0. The van der Waals surface area contributed by atoms with Crippen molar-refractivity contribution in [2.45, 2.75) is 63.9 Å². The molecule has 0 radical (unpaired) electrons. The summed E-state index contributed by atoms with van der Waals surface area (Å²) in [6.07, 6.45) is 1.04. The first kappa shape index (κ1) is 19.7. The molecule has 26 heavy (non-hydrogen) atoms. The molecule has 3 rings (SSSR count). The van der Waals surface area contributed by atoms with Crippen molar-refractivity contribution in [3.63, 3.8) is 0 Å². The molecule has 6 nitrogen and oxygen atoms in total. The molecule has 0 aliphatic carbocycles. The van der Waals surface area contributed by atoms with Gasteiger partial charge in [0, 0.05) is 18.9 Å². The van der Waals surface area contributed by atoms with Crippen LogP contribution >= 0.6 is 0 Å². The topological polar surface area (TPSA) is 73.9 Å². The molecule has 2 heterocycles. The van der Waals surface area contributed by atoms with Gasteiger partial charge in [-0.2, -0.15) is 0 Å². The first-order valence-corrected chi connectivity index (χ1v) is 10.6. The molecule has 1 N–H and O–H groups in total. The van der Waals surface area contributed by atoms with E-state index < -0.39 is 33.6 Å². The van der Waals surface area contributed by atoms with Crippen LogP contribution in [0.2, 0.25) is 0 Å². The standard InChI is InChI=1S/C18H28BNO5S/c1-13-6-7-14(20-26(21,22)15-8-10-23-11-9-15)12-16(13)19-24-17(2,3)18(4,5)25-19/h6-7,12,15,20H,8-11H2,1-5H3. The highest BCUT2D eigenvalue weighted by Crippen LogP contribution is 2.36. The highest BCUT2D eigenvalue weighted by Gasteiger charge is 2.52. The Kier molecular flexibility index (Phi) is 5.16. The number of ether oxygens (including phenoxy) is 1. The molecule has 0 unspecified atom stereocenters. The maximum absolute atomic E-state index is 12.6. The Bertz CT molecular complexity index is 756. The van der Waals surface area contributed by atoms with Crippen molar-refractivity contribution in [1.82, 2.24) is 0 Å². The third-order valence-electron chi connectivity index (χ3n) is 5.65. The molecule has 2 aliphatic rings. The maximum atomic E-state index is 12.6. The Labute approximate surface area is 156 Å². The van der Waals surface area contributed by atoms with Gasteiger partial charge in [-0.3, -0.25) is 4.72 Å². The Morgan fingerprint density at radius 3 is 2.23 bits per heavy atom. The van der Waals surface area contributed by atoms with Crippen LogP contribution < -0.4 is 10.2 Å². The summed E-state index contributed by atoms with van der Waals surface area (Å²) in [7, 11) is -3.97. The Hall–Kier alpha value is -1.09. The largest absolute Gasteiger partial charge is 0.495 e. The van der Waals surface area contributed by atoms with E-state index in [1.165, 1.54) is 0 Å². The summed E-state index contributed by atoms with van der Waals surface area (Å²) in [5.41, 5.74) is 1.49. The van der Waals surface area contributed by atoms with Crippen LogP contribution in [0.15, 0.2) is 18.2 Å². The van der Waals surface area contributed by atoms with Gasteiger partial charge < -0.3 is 14.0 Å². The molecule has 0 atom stereocenters.